The van der Waals surface area contributed by atoms with Gasteiger partial charge in [-0.3, -0.25) is 9.59 Å². The van der Waals surface area contributed by atoms with E-state index in [9.17, 15) is 9.59 Å². The average Bonchev–Trinajstić information content (AvgIpc) is 2.71. The molecule has 1 aromatic rings. The van der Waals surface area contributed by atoms with Crippen LogP contribution in [0.4, 0.5) is 0 Å². The third-order valence-electron chi connectivity index (χ3n) is 3.86. The Bertz CT molecular complexity index is 486. The van der Waals surface area contributed by atoms with E-state index in [1.54, 1.807) is 12.1 Å². The molecule has 1 heterocycles. The quantitative estimate of drug-likeness (QED) is 0.498. The summed E-state index contributed by atoms with van der Waals surface area (Å²) in [5.74, 6) is -0.511. The van der Waals surface area contributed by atoms with Crippen LogP contribution in [0.15, 0.2) is 30.3 Å². The van der Waals surface area contributed by atoms with Gasteiger partial charge < -0.3 is 10.1 Å². The van der Waals surface area contributed by atoms with Gasteiger partial charge in [-0.15, -0.1) is 0 Å². The van der Waals surface area contributed by atoms with E-state index in [2.05, 4.69) is 12.2 Å². The minimum absolute atomic E-state index is 0.224. The van der Waals surface area contributed by atoms with Crippen molar-refractivity contribution in [2.75, 3.05) is 13.2 Å². The summed E-state index contributed by atoms with van der Waals surface area (Å²) >= 11 is 0. The van der Waals surface area contributed by atoms with Crippen LogP contribution in [-0.2, 0) is 9.53 Å². The first-order valence-corrected chi connectivity index (χ1v) is 7.73. The van der Waals surface area contributed by atoms with Gasteiger partial charge in [0.25, 0.3) is 5.91 Å². The fourth-order valence-corrected chi connectivity index (χ4v) is 2.59. The molecule has 1 amide bonds. The van der Waals surface area contributed by atoms with Gasteiger partial charge in [-0.1, -0.05) is 43.7 Å². The average molecular weight is 289 g/mol. The lowest BCUT2D eigenvalue weighted by Crippen LogP contribution is -2.53. The normalized spacial score (nSPS) is 22.4. The van der Waals surface area contributed by atoms with Gasteiger partial charge in [0, 0.05) is 18.7 Å². The van der Waals surface area contributed by atoms with Crippen molar-refractivity contribution in [2.45, 2.75) is 44.6 Å². The predicted molar refractivity (Wildman–Crippen MR) is 81.2 cm³/mol. The Labute approximate surface area is 125 Å². The van der Waals surface area contributed by atoms with Gasteiger partial charge >= 0.3 is 0 Å². The molecular formula is C17H23NO3. The van der Waals surface area contributed by atoms with Crippen LogP contribution >= 0.6 is 0 Å². The van der Waals surface area contributed by atoms with Crippen molar-refractivity contribution in [3.63, 3.8) is 0 Å². The van der Waals surface area contributed by atoms with E-state index in [0.29, 0.717) is 25.1 Å². The van der Waals surface area contributed by atoms with E-state index in [4.69, 9.17) is 4.74 Å². The minimum Gasteiger partial charge on any atom is -0.357 e. The smallest absolute Gasteiger partial charge is 0.260 e. The zero-order valence-corrected chi connectivity index (χ0v) is 12.6. The molecule has 1 fully saturated rings. The van der Waals surface area contributed by atoms with E-state index < -0.39 is 5.60 Å². The SMILES string of the molecule is CCCCOC1(C(=O)c2ccccc2)CCCCNC1=O. The summed E-state index contributed by atoms with van der Waals surface area (Å²) in [5.41, 5.74) is -0.821. The van der Waals surface area contributed by atoms with E-state index in [1.807, 2.05) is 18.2 Å². The lowest BCUT2D eigenvalue weighted by molar-refractivity contribution is -0.141. The Kier molecular flexibility index (Phi) is 5.51. The summed E-state index contributed by atoms with van der Waals surface area (Å²) in [6.07, 6.45) is 3.96. The highest BCUT2D eigenvalue weighted by atomic mass is 16.5. The first-order chi connectivity index (χ1) is 10.2. The largest absolute Gasteiger partial charge is 0.357 e. The second-order valence-corrected chi connectivity index (χ2v) is 5.44. The van der Waals surface area contributed by atoms with Crippen LogP contribution in [0.25, 0.3) is 0 Å². The first kappa shape index (κ1) is 15.7. The van der Waals surface area contributed by atoms with Crippen molar-refractivity contribution in [1.82, 2.24) is 5.32 Å². The van der Waals surface area contributed by atoms with Crippen molar-refractivity contribution in [3.8, 4) is 0 Å². The van der Waals surface area contributed by atoms with Crippen molar-refractivity contribution in [2.24, 2.45) is 0 Å². The fourth-order valence-electron chi connectivity index (χ4n) is 2.59. The molecule has 0 radical (unpaired) electrons. The lowest BCUT2D eigenvalue weighted by Gasteiger charge is -2.29. The number of amides is 1. The number of Topliss-reactive ketones (excluding diaryl/α,β-unsaturated/α-hetero) is 1. The fraction of sp³-hybridized carbons (Fsp3) is 0.529. The number of nitrogens with one attached hydrogen (secondary N) is 1. The predicted octanol–water partition coefficient (Wildman–Crippen LogP) is 2.72. The third-order valence-corrected chi connectivity index (χ3v) is 3.86. The van der Waals surface area contributed by atoms with E-state index in [-0.39, 0.29) is 11.7 Å². The Balaban J connectivity index is 2.29. The zero-order chi connectivity index (χ0) is 15.1. The molecule has 0 aromatic heterocycles. The molecule has 0 saturated carbocycles. The molecule has 21 heavy (non-hydrogen) atoms. The molecule has 1 saturated heterocycles. The number of unbranched alkanes of at least 4 members (excludes halogenated alkanes) is 1. The molecule has 1 aromatic carbocycles. The number of carbonyl (C=O) groups is 2. The molecule has 1 N–H and O–H groups in total. The first-order valence-electron chi connectivity index (χ1n) is 7.73. The van der Waals surface area contributed by atoms with Gasteiger partial charge in [-0.05, 0) is 25.7 Å². The highest BCUT2D eigenvalue weighted by Gasteiger charge is 2.47. The molecule has 2 rings (SSSR count). The molecule has 1 atom stereocenters. The molecule has 4 nitrogen and oxygen atoms in total. The third kappa shape index (κ3) is 3.50. The maximum absolute atomic E-state index is 12.9. The van der Waals surface area contributed by atoms with Gasteiger partial charge in [-0.2, -0.15) is 0 Å². The number of hydrogen-bond acceptors (Lipinski definition) is 3. The van der Waals surface area contributed by atoms with Gasteiger partial charge in [0.2, 0.25) is 11.4 Å². The van der Waals surface area contributed by atoms with Crippen molar-refractivity contribution >= 4 is 11.7 Å². The second-order valence-electron chi connectivity index (χ2n) is 5.44. The highest BCUT2D eigenvalue weighted by Crippen LogP contribution is 2.27. The van der Waals surface area contributed by atoms with Crippen molar-refractivity contribution in [3.05, 3.63) is 35.9 Å². The van der Waals surface area contributed by atoms with Crippen LogP contribution in [0, 0.1) is 0 Å². The summed E-state index contributed by atoms with van der Waals surface area (Å²) in [7, 11) is 0. The summed E-state index contributed by atoms with van der Waals surface area (Å²) in [4.78, 5) is 25.4. The Morgan fingerprint density at radius 2 is 2.05 bits per heavy atom. The Morgan fingerprint density at radius 3 is 2.76 bits per heavy atom. The Hall–Kier alpha value is -1.68. The molecular weight excluding hydrogens is 266 g/mol. The Morgan fingerprint density at radius 1 is 1.29 bits per heavy atom. The summed E-state index contributed by atoms with van der Waals surface area (Å²) in [6, 6.07) is 8.95. The van der Waals surface area contributed by atoms with Crippen LogP contribution in [-0.4, -0.2) is 30.4 Å². The molecule has 0 bridgehead atoms. The van der Waals surface area contributed by atoms with Gasteiger partial charge in [-0.25, -0.2) is 0 Å². The molecule has 114 valence electrons. The highest BCUT2D eigenvalue weighted by molar-refractivity contribution is 6.17. The monoisotopic (exact) mass is 289 g/mol. The van der Waals surface area contributed by atoms with Gasteiger partial charge in [0.05, 0.1) is 0 Å². The summed E-state index contributed by atoms with van der Waals surface area (Å²) < 4.78 is 5.86. The van der Waals surface area contributed by atoms with Crippen LogP contribution in [0.3, 0.4) is 0 Å². The molecule has 0 aliphatic carbocycles. The van der Waals surface area contributed by atoms with E-state index in [0.717, 1.165) is 25.7 Å². The minimum atomic E-state index is -1.35. The number of rotatable bonds is 6. The van der Waals surface area contributed by atoms with Crippen molar-refractivity contribution in [1.29, 1.82) is 0 Å². The summed E-state index contributed by atoms with van der Waals surface area (Å²) in [6.45, 7) is 3.10. The van der Waals surface area contributed by atoms with E-state index >= 15 is 0 Å². The number of ketones is 1. The maximum Gasteiger partial charge on any atom is 0.260 e. The second kappa shape index (κ2) is 7.36. The summed E-state index contributed by atoms with van der Waals surface area (Å²) in [5, 5.41) is 2.83. The molecule has 0 spiro atoms. The number of ether oxygens (including phenoxy) is 1. The van der Waals surface area contributed by atoms with Crippen LogP contribution in [0.1, 0.15) is 49.4 Å². The van der Waals surface area contributed by atoms with Crippen LogP contribution in [0.5, 0.6) is 0 Å². The molecule has 1 unspecified atom stereocenters. The number of carbonyl (C=O) groups excluding carboxylic acids is 2. The van der Waals surface area contributed by atoms with E-state index in [1.165, 1.54) is 0 Å². The number of benzene rings is 1. The van der Waals surface area contributed by atoms with Crippen LogP contribution in [0.2, 0.25) is 0 Å². The molecule has 4 heteroatoms. The molecule has 1 aliphatic heterocycles. The maximum atomic E-state index is 12.9. The molecule has 1 aliphatic rings. The zero-order valence-electron chi connectivity index (χ0n) is 12.6. The van der Waals surface area contributed by atoms with Gasteiger partial charge in [0.1, 0.15) is 0 Å². The lowest BCUT2D eigenvalue weighted by atomic mass is 9.87. The van der Waals surface area contributed by atoms with Gasteiger partial charge in [0.15, 0.2) is 0 Å². The van der Waals surface area contributed by atoms with Crippen molar-refractivity contribution < 1.29 is 14.3 Å². The number of hydrogen-bond donors (Lipinski definition) is 1. The standard InChI is InChI=1S/C17H23NO3/c1-2-3-13-21-17(11-7-8-12-18-16(17)20)15(19)14-9-5-4-6-10-14/h4-6,9-10H,2-3,7-8,11-13H2,1H3,(H,18,20). The van der Waals surface area contributed by atoms with Crippen LogP contribution < -0.4 is 5.32 Å². The topological polar surface area (TPSA) is 55.4 Å².